The molecule has 1 atom stereocenters. The highest BCUT2D eigenvalue weighted by Crippen LogP contribution is 2.35. The molecule has 2 saturated heterocycles. The number of likely N-dealkylation sites (tertiary alicyclic amines) is 1. The highest BCUT2D eigenvalue weighted by atomic mass is 127. The first-order valence-corrected chi connectivity index (χ1v) is 10.4. The summed E-state index contributed by atoms with van der Waals surface area (Å²) in [5.41, 5.74) is 1.45. The van der Waals surface area contributed by atoms with Crippen LogP contribution in [-0.2, 0) is 10.2 Å². The van der Waals surface area contributed by atoms with E-state index in [0.717, 1.165) is 63.3 Å². The number of nitrogens with one attached hydrogen (secondary N) is 1. The summed E-state index contributed by atoms with van der Waals surface area (Å²) >= 11 is 0. The molecule has 1 aromatic carbocycles. The van der Waals surface area contributed by atoms with Gasteiger partial charge in [-0.05, 0) is 56.2 Å². The van der Waals surface area contributed by atoms with E-state index in [9.17, 15) is 0 Å². The molecular weight excluding hydrogens is 465 g/mol. The first-order valence-electron chi connectivity index (χ1n) is 10.4. The Bertz CT molecular complexity index is 615. The lowest BCUT2D eigenvalue weighted by molar-refractivity contribution is 0.0510. The number of aliphatic imine (C=N–C) groups is 1. The summed E-state index contributed by atoms with van der Waals surface area (Å²) in [6.45, 7) is 9.76. The molecule has 2 aliphatic rings. The van der Waals surface area contributed by atoms with Gasteiger partial charge in [0.1, 0.15) is 5.75 Å². The van der Waals surface area contributed by atoms with Gasteiger partial charge in [0.2, 0.25) is 0 Å². The molecule has 2 heterocycles. The number of piperidine rings is 1. The van der Waals surface area contributed by atoms with Crippen LogP contribution < -0.4 is 10.1 Å². The molecule has 1 aromatic rings. The Morgan fingerprint density at radius 1 is 1.29 bits per heavy atom. The van der Waals surface area contributed by atoms with Crippen LogP contribution in [0.1, 0.15) is 45.1 Å². The van der Waals surface area contributed by atoms with Crippen LogP contribution in [0.4, 0.5) is 0 Å². The highest BCUT2D eigenvalue weighted by molar-refractivity contribution is 14.0. The van der Waals surface area contributed by atoms with E-state index in [1.54, 1.807) is 0 Å². The molecule has 0 aromatic heterocycles. The predicted octanol–water partition coefficient (Wildman–Crippen LogP) is 4.06. The van der Waals surface area contributed by atoms with Crippen molar-refractivity contribution in [1.82, 2.24) is 10.2 Å². The normalized spacial score (nSPS) is 22.3. The average molecular weight is 501 g/mol. The molecule has 1 N–H and O–H groups in total. The predicted molar refractivity (Wildman–Crippen MR) is 126 cm³/mol. The summed E-state index contributed by atoms with van der Waals surface area (Å²) in [5, 5.41) is 3.70. The maximum atomic E-state index is 5.68. The number of hydrogen-bond donors (Lipinski definition) is 1. The van der Waals surface area contributed by atoms with Crippen molar-refractivity contribution >= 4 is 29.9 Å². The first-order chi connectivity index (χ1) is 13.2. The van der Waals surface area contributed by atoms with Crippen LogP contribution >= 0.6 is 24.0 Å². The molecule has 0 spiro atoms. The van der Waals surface area contributed by atoms with Crippen LogP contribution in [0.3, 0.4) is 0 Å². The molecule has 2 aliphatic heterocycles. The van der Waals surface area contributed by atoms with Gasteiger partial charge in [-0.2, -0.15) is 0 Å². The second-order valence-corrected chi connectivity index (χ2v) is 7.94. The second-order valence-electron chi connectivity index (χ2n) is 7.94. The molecule has 0 amide bonds. The zero-order valence-electron chi connectivity index (χ0n) is 17.6. The molecule has 3 rings (SSSR count). The van der Waals surface area contributed by atoms with E-state index in [0.29, 0.717) is 6.61 Å². The maximum absolute atomic E-state index is 5.68. The molecule has 0 aliphatic carbocycles. The molecule has 2 fully saturated rings. The van der Waals surface area contributed by atoms with E-state index in [4.69, 9.17) is 9.47 Å². The van der Waals surface area contributed by atoms with E-state index < -0.39 is 0 Å². The zero-order chi connectivity index (χ0) is 19.1. The summed E-state index contributed by atoms with van der Waals surface area (Å²) in [7, 11) is 1.90. The molecule has 158 valence electrons. The van der Waals surface area contributed by atoms with Gasteiger partial charge in [0.15, 0.2) is 5.96 Å². The Balaban J connectivity index is 0.00000280. The van der Waals surface area contributed by atoms with Gasteiger partial charge in [0.25, 0.3) is 0 Å². The molecule has 0 bridgehead atoms. The van der Waals surface area contributed by atoms with Gasteiger partial charge in [0, 0.05) is 45.3 Å². The molecule has 28 heavy (non-hydrogen) atoms. The Labute approximate surface area is 187 Å². The molecular formula is C22H36IN3O2. The summed E-state index contributed by atoms with van der Waals surface area (Å²) in [6, 6.07) is 8.64. The minimum Gasteiger partial charge on any atom is -0.494 e. The molecule has 0 radical (unpaired) electrons. The van der Waals surface area contributed by atoms with E-state index in [1.165, 1.54) is 18.4 Å². The topological polar surface area (TPSA) is 46.1 Å². The number of hydrogen-bond acceptors (Lipinski definition) is 3. The molecule has 5 nitrogen and oxygen atoms in total. The van der Waals surface area contributed by atoms with Crippen molar-refractivity contribution in [3.05, 3.63) is 29.8 Å². The second kappa shape index (κ2) is 11.2. The van der Waals surface area contributed by atoms with Gasteiger partial charge in [-0.3, -0.25) is 4.99 Å². The standard InChI is InChI=1S/C22H35N3O2.HI/c1-4-27-20-9-7-19(8-10-20)22(11-14-26-15-12-22)17-24-21(23-3)25-13-5-6-18(2)16-25;/h7-10,18H,4-6,11-17H2,1-3H3,(H,23,24);1H. The van der Waals surface area contributed by atoms with Crippen LogP contribution in [-0.4, -0.2) is 57.4 Å². The van der Waals surface area contributed by atoms with E-state index in [-0.39, 0.29) is 29.4 Å². The summed E-state index contributed by atoms with van der Waals surface area (Å²) in [5.74, 6) is 2.72. The van der Waals surface area contributed by atoms with Crippen molar-refractivity contribution in [2.24, 2.45) is 10.9 Å². The van der Waals surface area contributed by atoms with Gasteiger partial charge in [-0.1, -0.05) is 19.1 Å². The fourth-order valence-electron chi connectivity index (χ4n) is 4.36. The molecule has 0 saturated carbocycles. The summed E-state index contributed by atoms with van der Waals surface area (Å²) in [6.07, 6.45) is 4.63. The van der Waals surface area contributed by atoms with Gasteiger partial charge < -0.3 is 19.7 Å². The van der Waals surface area contributed by atoms with Crippen LogP contribution in [0.5, 0.6) is 5.75 Å². The van der Waals surface area contributed by atoms with Crippen molar-refractivity contribution in [2.45, 2.75) is 44.9 Å². The fraction of sp³-hybridized carbons (Fsp3) is 0.682. The highest BCUT2D eigenvalue weighted by Gasteiger charge is 2.35. The van der Waals surface area contributed by atoms with Gasteiger partial charge >= 0.3 is 0 Å². The third-order valence-corrected chi connectivity index (χ3v) is 5.98. The van der Waals surface area contributed by atoms with E-state index in [2.05, 4.69) is 46.4 Å². The monoisotopic (exact) mass is 501 g/mol. The summed E-state index contributed by atoms with van der Waals surface area (Å²) < 4.78 is 11.3. The maximum Gasteiger partial charge on any atom is 0.193 e. The van der Waals surface area contributed by atoms with Crippen molar-refractivity contribution in [1.29, 1.82) is 0 Å². The van der Waals surface area contributed by atoms with Crippen molar-refractivity contribution in [2.75, 3.05) is 46.5 Å². The number of guanidine groups is 1. The minimum atomic E-state index is 0. The van der Waals surface area contributed by atoms with Crippen LogP contribution in [0.2, 0.25) is 0 Å². The van der Waals surface area contributed by atoms with Gasteiger partial charge in [-0.15, -0.1) is 24.0 Å². The third kappa shape index (κ3) is 5.75. The number of halogens is 1. The Morgan fingerprint density at radius 2 is 2.00 bits per heavy atom. The van der Waals surface area contributed by atoms with Crippen molar-refractivity contribution in [3.8, 4) is 5.75 Å². The lowest BCUT2D eigenvalue weighted by Crippen LogP contribution is -2.51. The van der Waals surface area contributed by atoms with Crippen molar-refractivity contribution < 1.29 is 9.47 Å². The SMILES string of the molecule is CCOc1ccc(C2(CNC(=NC)N3CCCC(C)C3)CCOCC2)cc1.I. The minimum absolute atomic E-state index is 0. The van der Waals surface area contributed by atoms with Crippen LogP contribution in [0, 0.1) is 5.92 Å². The Kier molecular flexibility index (Phi) is 9.34. The quantitative estimate of drug-likeness (QED) is 0.376. The van der Waals surface area contributed by atoms with Crippen molar-refractivity contribution in [3.63, 3.8) is 0 Å². The fourth-order valence-corrected chi connectivity index (χ4v) is 4.36. The Morgan fingerprint density at radius 3 is 2.61 bits per heavy atom. The number of rotatable bonds is 5. The zero-order valence-corrected chi connectivity index (χ0v) is 19.9. The van der Waals surface area contributed by atoms with Gasteiger partial charge in [0.05, 0.1) is 6.61 Å². The average Bonchev–Trinajstić information content (AvgIpc) is 2.70. The largest absolute Gasteiger partial charge is 0.494 e. The lowest BCUT2D eigenvalue weighted by Gasteiger charge is -2.40. The first kappa shape index (κ1) is 23.3. The number of ether oxygens (including phenoxy) is 2. The van der Waals surface area contributed by atoms with Gasteiger partial charge in [-0.25, -0.2) is 0 Å². The third-order valence-electron chi connectivity index (χ3n) is 5.98. The Hall–Kier alpha value is -1.02. The van der Waals surface area contributed by atoms with Crippen LogP contribution in [0.25, 0.3) is 0 Å². The summed E-state index contributed by atoms with van der Waals surface area (Å²) in [4.78, 5) is 6.99. The van der Waals surface area contributed by atoms with E-state index >= 15 is 0 Å². The molecule has 6 heteroatoms. The van der Waals surface area contributed by atoms with Crippen LogP contribution in [0.15, 0.2) is 29.3 Å². The lowest BCUT2D eigenvalue weighted by atomic mass is 9.74. The molecule has 1 unspecified atom stereocenters. The van der Waals surface area contributed by atoms with E-state index in [1.807, 2.05) is 14.0 Å². The smallest absolute Gasteiger partial charge is 0.193 e. The number of benzene rings is 1. The number of nitrogens with zero attached hydrogens (tertiary/aromatic N) is 2.